The number of hydrogen-bond acceptors (Lipinski definition) is 5. The van der Waals surface area contributed by atoms with E-state index in [0.29, 0.717) is 12.5 Å². The first-order chi connectivity index (χ1) is 10.1. The normalized spacial score (nSPS) is 18.0. The van der Waals surface area contributed by atoms with Crippen molar-refractivity contribution < 1.29 is 14.4 Å². The number of nitro benzene ring substituents is 1. The highest BCUT2D eigenvalue weighted by Crippen LogP contribution is 2.37. The van der Waals surface area contributed by atoms with E-state index in [2.05, 4.69) is 5.32 Å². The SMILES string of the molecule is CC(C)Oc1cccc(OCCC2CCNC2)c1[N+](=O)[O-]. The fraction of sp³-hybridized carbons (Fsp3) is 0.600. The summed E-state index contributed by atoms with van der Waals surface area (Å²) < 4.78 is 11.1. The zero-order valence-electron chi connectivity index (χ0n) is 12.5. The van der Waals surface area contributed by atoms with Crippen LogP contribution in [0, 0.1) is 16.0 Å². The minimum atomic E-state index is -0.440. The van der Waals surface area contributed by atoms with Crippen LogP contribution in [0.5, 0.6) is 11.5 Å². The van der Waals surface area contributed by atoms with Gasteiger partial charge in [-0.25, -0.2) is 0 Å². The molecule has 21 heavy (non-hydrogen) atoms. The maximum absolute atomic E-state index is 11.3. The number of para-hydroxylation sites is 1. The van der Waals surface area contributed by atoms with Crippen molar-refractivity contribution in [3.63, 3.8) is 0 Å². The van der Waals surface area contributed by atoms with Crippen LogP contribution in [0.2, 0.25) is 0 Å². The molecule has 2 rings (SSSR count). The van der Waals surface area contributed by atoms with Crippen molar-refractivity contribution >= 4 is 5.69 Å². The smallest absolute Gasteiger partial charge is 0.352 e. The Balaban J connectivity index is 2.04. The molecular formula is C15H22N2O4. The van der Waals surface area contributed by atoms with Crippen molar-refractivity contribution in [2.75, 3.05) is 19.7 Å². The van der Waals surface area contributed by atoms with Gasteiger partial charge in [0.1, 0.15) is 0 Å². The van der Waals surface area contributed by atoms with Gasteiger partial charge in [0.2, 0.25) is 11.5 Å². The largest absolute Gasteiger partial charge is 0.487 e. The Labute approximate surface area is 124 Å². The second-order valence-electron chi connectivity index (χ2n) is 5.52. The first kappa shape index (κ1) is 15.6. The Kier molecular flexibility index (Phi) is 5.38. The number of benzene rings is 1. The van der Waals surface area contributed by atoms with Crippen molar-refractivity contribution in [2.45, 2.75) is 32.8 Å². The molecule has 1 aromatic rings. The highest BCUT2D eigenvalue weighted by atomic mass is 16.6. The van der Waals surface area contributed by atoms with Gasteiger partial charge in [0.25, 0.3) is 0 Å². The number of nitrogens with one attached hydrogen (secondary N) is 1. The van der Waals surface area contributed by atoms with Gasteiger partial charge >= 0.3 is 5.69 Å². The molecule has 1 fully saturated rings. The minimum Gasteiger partial charge on any atom is -0.487 e. The van der Waals surface area contributed by atoms with Crippen LogP contribution in [0.3, 0.4) is 0 Å². The van der Waals surface area contributed by atoms with E-state index >= 15 is 0 Å². The lowest BCUT2D eigenvalue weighted by molar-refractivity contribution is -0.387. The second-order valence-corrected chi connectivity index (χ2v) is 5.52. The van der Waals surface area contributed by atoms with Crippen LogP contribution in [0.1, 0.15) is 26.7 Å². The molecule has 0 aromatic heterocycles. The van der Waals surface area contributed by atoms with Gasteiger partial charge in [-0.3, -0.25) is 10.1 Å². The summed E-state index contributed by atoms with van der Waals surface area (Å²) >= 11 is 0. The molecule has 1 aromatic carbocycles. The number of nitrogens with zero attached hydrogens (tertiary/aromatic N) is 1. The third-order valence-corrected chi connectivity index (χ3v) is 3.45. The highest BCUT2D eigenvalue weighted by molar-refractivity contribution is 5.57. The van der Waals surface area contributed by atoms with Gasteiger partial charge in [0.15, 0.2) is 0 Å². The average Bonchev–Trinajstić information content (AvgIpc) is 2.91. The van der Waals surface area contributed by atoms with Gasteiger partial charge in [-0.2, -0.15) is 0 Å². The van der Waals surface area contributed by atoms with Crippen LogP contribution in [0.25, 0.3) is 0 Å². The molecule has 1 unspecified atom stereocenters. The van der Waals surface area contributed by atoms with E-state index in [-0.39, 0.29) is 23.3 Å². The number of hydrogen-bond donors (Lipinski definition) is 1. The van der Waals surface area contributed by atoms with Crippen LogP contribution < -0.4 is 14.8 Å². The monoisotopic (exact) mass is 294 g/mol. The predicted molar refractivity (Wildman–Crippen MR) is 79.9 cm³/mol. The lowest BCUT2D eigenvalue weighted by Crippen LogP contribution is -2.12. The summed E-state index contributed by atoms with van der Waals surface area (Å²) in [7, 11) is 0. The third-order valence-electron chi connectivity index (χ3n) is 3.45. The first-order valence-corrected chi connectivity index (χ1v) is 7.35. The van der Waals surface area contributed by atoms with E-state index < -0.39 is 4.92 Å². The number of nitro groups is 1. The van der Waals surface area contributed by atoms with Gasteiger partial charge in [0, 0.05) is 0 Å². The van der Waals surface area contributed by atoms with Crippen LogP contribution in [0.4, 0.5) is 5.69 Å². The molecule has 1 saturated heterocycles. The van der Waals surface area contributed by atoms with E-state index in [4.69, 9.17) is 9.47 Å². The Morgan fingerprint density at radius 1 is 1.43 bits per heavy atom. The summed E-state index contributed by atoms with van der Waals surface area (Å²) in [6.07, 6.45) is 1.92. The molecule has 1 heterocycles. The van der Waals surface area contributed by atoms with Crippen molar-refractivity contribution in [2.24, 2.45) is 5.92 Å². The molecule has 1 aliphatic rings. The Hall–Kier alpha value is -1.82. The van der Waals surface area contributed by atoms with Gasteiger partial charge in [-0.1, -0.05) is 6.07 Å². The topological polar surface area (TPSA) is 73.6 Å². The van der Waals surface area contributed by atoms with Gasteiger partial charge in [-0.05, 0) is 57.8 Å². The van der Waals surface area contributed by atoms with Gasteiger partial charge in [0.05, 0.1) is 17.6 Å². The standard InChI is InChI=1S/C15H22N2O4/c1-11(2)21-14-5-3-4-13(15(14)17(18)19)20-9-7-12-6-8-16-10-12/h3-5,11-12,16H,6-10H2,1-2H3. The molecule has 6 nitrogen and oxygen atoms in total. The minimum absolute atomic E-state index is 0.0873. The van der Waals surface area contributed by atoms with Crippen molar-refractivity contribution in [3.8, 4) is 11.5 Å². The van der Waals surface area contributed by atoms with E-state index in [1.54, 1.807) is 18.2 Å². The summed E-state index contributed by atoms with van der Waals surface area (Å²) in [6, 6.07) is 4.95. The van der Waals surface area contributed by atoms with E-state index in [1.165, 1.54) is 0 Å². The fourth-order valence-electron chi connectivity index (χ4n) is 2.44. The van der Waals surface area contributed by atoms with Crippen molar-refractivity contribution in [1.29, 1.82) is 0 Å². The predicted octanol–water partition coefficient (Wildman–Crippen LogP) is 2.76. The summed E-state index contributed by atoms with van der Waals surface area (Å²) in [5.74, 6) is 1.14. The Morgan fingerprint density at radius 2 is 2.19 bits per heavy atom. The lowest BCUT2D eigenvalue weighted by atomic mass is 10.1. The summed E-state index contributed by atoms with van der Waals surface area (Å²) in [5, 5.41) is 14.6. The molecule has 1 atom stereocenters. The maximum Gasteiger partial charge on any atom is 0.352 e. The van der Waals surface area contributed by atoms with Crippen LogP contribution in [-0.4, -0.2) is 30.7 Å². The van der Waals surface area contributed by atoms with E-state index in [0.717, 1.165) is 25.9 Å². The zero-order chi connectivity index (χ0) is 15.2. The Bertz CT molecular complexity index is 485. The van der Waals surface area contributed by atoms with Crippen molar-refractivity contribution in [1.82, 2.24) is 5.32 Å². The lowest BCUT2D eigenvalue weighted by Gasteiger charge is -2.13. The molecule has 1 aliphatic heterocycles. The molecule has 0 radical (unpaired) electrons. The molecule has 0 saturated carbocycles. The Morgan fingerprint density at radius 3 is 2.81 bits per heavy atom. The quantitative estimate of drug-likeness (QED) is 0.618. The summed E-state index contributed by atoms with van der Waals surface area (Å²) in [6.45, 7) is 6.21. The fourth-order valence-corrected chi connectivity index (χ4v) is 2.44. The highest BCUT2D eigenvalue weighted by Gasteiger charge is 2.23. The molecule has 0 spiro atoms. The molecule has 0 bridgehead atoms. The maximum atomic E-state index is 11.3. The molecule has 116 valence electrons. The van der Waals surface area contributed by atoms with Gasteiger partial charge in [-0.15, -0.1) is 0 Å². The van der Waals surface area contributed by atoms with Gasteiger partial charge < -0.3 is 14.8 Å². The molecular weight excluding hydrogens is 272 g/mol. The van der Waals surface area contributed by atoms with E-state index in [9.17, 15) is 10.1 Å². The van der Waals surface area contributed by atoms with Crippen molar-refractivity contribution in [3.05, 3.63) is 28.3 Å². The van der Waals surface area contributed by atoms with Crippen LogP contribution >= 0.6 is 0 Å². The zero-order valence-corrected chi connectivity index (χ0v) is 12.5. The number of rotatable bonds is 7. The van der Waals surface area contributed by atoms with Crippen LogP contribution in [0.15, 0.2) is 18.2 Å². The van der Waals surface area contributed by atoms with E-state index in [1.807, 2.05) is 13.8 Å². The molecule has 0 amide bonds. The average molecular weight is 294 g/mol. The number of ether oxygens (including phenoxy) is 2. The first-order valence-electron chi connectivity index (χ1n) is 7.35. The van der Waals surface area contributed by atoms with Crippen LogP contribution in [-0.2, 0) is 0 Å². The third kappa shape index (κ3) is 4.32. The second kappa shape index (κ2) is 7.26. The molecule has 1 N–H and O–H groups in total. The summed E-state index contributed by atoms with van der Waals surface area (Å²) in [4.78, 5) is 10.8. The molecule has 0 aliphatic carbocycles. The summed E-state index contributed by atoms with van der Waals surface area (Å²) in [5.41, 5.74) is -0.0873. The molecule has 6 heteroatoms.